The normalized spacial score (nSPS) is 12.2. The first-order valence-electron chi connectivity index (χ1n) is 20.6. The number of benzene rings is 2. The summed E-state index contributed by atoms with van der Waals surface area (Å²) in [6.07, 6.45) is 27.4. The van der Waals surface area contributed by atoms with Gasteiger partial charge < -0.3 is 31.1 Å². The molecule has 6 N–H and O–H groups in total. The first-order chi connectivity index (χ1) is 25.8. The van der Waals surface area contributed by atoms with Crippen molar-refractivity contribution in [1.29, 1.82) is 0 Å². The van der Waals surface area contributed by atoms with Gasteiger partial charge in [0.25, 0.3) is 11.8 Å². The molecule has 0 fully saturated rings. The van der Waals surface area contributed by atoms with E-state index in [1.165, 1.54) is 115 Å². The monoisotopic (exact) mass is 735 g/mol. The highest BCUT2D eigenvalue weighted by atomic mass is 16.3. The van der Waals surface area contributed by atoms with E-state index in [1.807, 2.05) is 0 Å². The van der Waals surface area contributed by atoms with Crippen molar-refractivity contribution in [3.05, 3.63) is 82.3 Å². The summed E-state index contributed by atoms with van der Waals surface area (Å²) >= 11 is 0. The lowest BCUT2D eigenvalue weighted by molar-refractivity contribution is 0.0487. The van der Waals surface area contributed by atoms with Crippen molar-refractivity contribution < 1.29 is 30.0 Å². The molecule has 0 saturated heterocycles. The molecule has 0 atom stereocenters. The summed E-state index contributed by atoms with van der Waals surface area (Å²) in [5, 5.41) is 48.5. The number of rotatable bonds is 30. The zero-order chi connectivity index (χ0) is 38.6. The quantitative estimate of drug-likeness (QED) is 0.0349. The summed E-state index contributed by atoms with van der Waals surface area (Å²) in [5.41, 5.74) is 0.184. The predicted octanol–water partition coefficient (Wildman–Crippen LogP) is 10.5. The molecule has 2 amide bonds. The maximum atomic E-state index is 12.6. The lowest BCUT2D eigenvalue weighted by Gasteiger charge is -2.28. The molecule has 0 spiro atoms. The molecule has 0 heterocycles. The van der Waals surface area contributed by atoms with Crippen molar-refractivity contribution in [2.75, 3.05) is 26.3 Å². The minimum Gasteiger partial charge on any atom is -0.511 e. The van der Waals surface area contributed by atoms with Crippen LogP contribution in [0.1, 0.15) is 174 Å². The maximum Gasteiger partial charge on any atom is 0.251 e. The van der Waals surface area contributed by atoms with Gasteiger partial charge in [0.1, 0.15) is 16.9 Å². The summed E-state index contributed by atoms with van der Waals surface area (Å²) in [6.45, 7) is 4.19. The van der Waals surface area contributed by atoms with Crippen LogP contribution in [0.3, 0.4) is 0 Å². The minimum absolute atomic E-state index is 0.168. The molecule has 0 bridgehead atoms. The van der Waals surface area contributed by atoms with Gasteiger partial charge in [-0.2, -0.15) is 0 Å². The third kappa shape index (κ3) is 17.8. The largest absolute Gasteiger partial charge is 0.511 e. The van der Waals surface area contributed by atoms with Gasteiger partial charge in [-0.1, -0.05) is 154 Å². The second kappa shape index (κ2) is 27.9. The third-order valence-electron chi connectivity index (χ3n) is 10.1. The van der Waals surface area contributed by atoms with Gasteiger partial charge in [-0.05, 0) is 60.4 Å². The van der Waals surface area contributed by atoms with Crippen LogP contribution in [-0.2, 0) is 0 Å². The summed E-state index contributed by atoms with van der Waals surface area (Å²) in [6, 6.07) is 13.2. The molecule has 8 heteroatoms. The van der Waals surface area contributed by atoms with Crippen LogP contribution in [-0.4, -0.2) is 58.5 Å². The number of amides is 2. The Bertz CT molecular complexity index is 1230. The molecular formula is C45H70N2O6. The molecule has 2 aromatic rings. The Labute approximate surface area is 320 Å². The highest BCUT2D eigenvalue weighted by Crippen LogP contribution is 2.34. The lowest BCUT2D eigenvalue weighted by atomic mass is 9.83. The molecule has 0 aromatic heterocycles. The van der Waals surface area contributed by atoms with E-state index in [9.17, 15) is 30.0 Å². The molecule has 0 radical (unpaired) electrons. The molecule has 2 rings (SSSR count). The molecule has 0 saturated carbocycles. The number of hydrogen-bond acceptors (Lipinski definition) is 6. The summed E-state index contributed by atoms with van der Waals surface area (Å²) < 4.78 is 0. The van der Waals surface area contributed by atoms with E-state index in [4.69, 9.17) is 0 Å². The minimum atomic E-state index is -1.85. The van der Waals surface area contributed by atoms with E-state index in [0.717, 1.165) is 25.7 Å². The zero-order valence-corrected chi connectivity index (χ0v) is 32.8. The molecular weight excluding hydrogens is 665 g/mol. The topological polar surface area (TPSA) is 139 Å². The predicted molar refractivity (Wildman–Crippen MR) is 219 cm³/mol. The van der Waals surface area contributed by atoms with E-state index < -0.39 is 30.1 Å². The van der Waals surface area contributed by atoms with Gasteiger partial charge in [0, 0.05) is 24.2 Å². The fourth-order valence-electron chi connectivity index (χ4n) is 6.39. The molecule has 0 aliphatic carbocycles. The van der Waals surface area contributed by atoms with Gasteiger partial charge in [0.15, 0.2) is 0 Å². The van der Waals surface area contributed by atoms with Gasteiger partial charge in [0.05, 0.1) is 13.2 Å². The van der Waals surface area contributed by atoms with Crippen molar-refractivity contribution >= 4 is 24.0 Å². The first-order valence-corrected chi connectivity index (χ1v) is 20.6. The van der Waals surface area contributed by atoms with Gasteiger partial charge >= 0.3 is 0 Å². The van der Waals surface area contributed by atoms with Crippen LogP contribution < -0.4 is 10.6 Å². The molecule has 0 aliphatic rings. The maximum absolute atomic E-state index is 12.6. The van der Waals surface area contributed by atoms with E-state index >= 15 is 0 Å². The number of hydrogen-bond donors (Lipinski definition) is 6. The Balaban J connectivity index is 1.83. The standard InChI is InChI=1S/C45H70N2O6/c1-3-5-7-9-11-13-15-17-19-21-31-46-43(52)39-27-23-37(24-28-39)33-41(50)45(35-48,36-49)42(51)34-38-25-29-40(30-26-38)44(53)47-32-22-20-18-16-14-12-10-8-6-4-2/h23-30,33-34,48-51H,3-22,31-32,35-36H2,1-2H3,(H,46,52)(H,47,53). The number of aliphatic hydroxyl groups is 4. The van der Waals surface area contributed by atoms with Crippen LogP contribution >= 0.6 is 0 Å². The smallest absolute Gasteiger partial charge is 0.251 e. The van der Waals surface area contributed by atoms with E-state index in [2.05, 4.69) is 24.5 Å². The number of aliphatic hydroxyl groups excluding tert-OH is 4. The molecule has 0 aliphatic heterocycles. The Morgan fingerprint density at radius 1 is 0.491 bits per heavy atom. The first kappa shape index (κ1) is 45.5. The Morgan fingerprint density at radius 3 is 1.06 bits per heavy atom. The molecule has 2 aromatic carbocycles. The SMILES string of the molecule is CCCCCCCCCCCCNC(=O)c1ccc(C=C(O)C(CO)(CO)C(O)=Cc2ccc(C(=O)NCCCCCCCCCCCC)cc2)cc1. The Kier molecular flexibility index (Phi) is 24.0. The van der Waals surface area contributed by atoms with Crippen molar-refractivity contribution in [2.45, 2.75) is 142 Å². The average Bonchev–Trinajstić information content (AvgIpc) is 3.17. The average molecular weight is 735 g/mol. The highest BCUT2D eigenvalue weighted by molar-refractivity contribution is 5.94. The molecule has 53 heavy (non-hydrogen) atoms. The number of nitrogens with one attached hydrogen (secondary N) is 2. The number of carbonyl (C=O) groups is 2. The second-order valence-electron chi connectivity index (χ2n) is 14.6. The van der Waals surface area contributed by atoms with Crippen molar-refractivity contribution in [1.82, 2.24) is 10.6 Å². The van der Waals surface area contributed by atoms with Crippen LogP contribution in [0.5, 0.6) is 0 Å². The fraction of sp³-hybridized carbons (Fsp3) is 0.600. The van der Waals surface area contributed by atoms with Gasteiger partial charge in [-0.25, -0.2) is 0 Å². The lowest BCUT2D eigenvalue weighted by Crippen LogP contribution is -2.34. The van der Waals surface area contributed by atoms with Gasteiger partial charge in [0.2, 0.25) is 0 Å². The molecule has 8 nitrogen and oxygen atoms in total. The van der Waals surface area contributed by atoms with E-state index in [0.29, 0.717) is 35.3 Å². The van der Waals surface area contributed by atoms with Crippen LogP contribution in [0.2, 0.25) is 0 Å². The molecule has 296 valence electrons. The van der Waals surface area contributed by atoms with Crippen LogP contribution in [0, 0.1) is 5.41 Å². The fourth-order valence-corrected chi connectivity index (χ4v) is 6.39. The highest BCUT2D eigenvalue weighted by Gasteiger charge is 2.38. The zero-order valence-electron chi connectivity index (χ0n) is 32.8. The summed E-state index contributed by atoms with van der Waals surface area (Å²) in [5.74, 6) is -1.20. The van der Waals surface area contributed by atoms with Crippen molar-refractivity contribution in [3.8, 4) is 0 Å². The van der Waals surface area contributed by atoms with E-state index in [1.54, 1.807) is 48.5 Å². The van der Waals surface area contributed by atoms with Gasteiger partial charge in [-0.15, -0.1) is 0 Å². The van der Waals surface area contributed by atoms with Crippen LogP contribution in [0.15, 0.2) is 60.0 Å². The van der Waals surface area contributed by atoms with E-state index in [-0.39, 0.29) is 11.8 Å². The Morgan fingerprint density at radius 2 is 0.774 bits per heavy atom. The summed E-state index contributed by atoms with van der Waals surface area (Å²) in [7, 11) is 0. The van der Waals surface area contributed by atoms with Crippen LogP contribution in [0.4, 0.5) is 0 Å². The second-order valence-corrected chi connectivity index (χ2v) is 14.6. The number of unbranched alkanes of at least 4 members (excludes halogenated alkanes) is 18. The van der Waals surface area contributed by atoms with Crippen molar-refractivity contribution in [2.24, 2.45) is 5.41 Å². The van der Waals surface area contributed by atoms with Gasteiger partial charge in [-0.3, -0.25) is 9.59 Å². The van der Waals surface area contributed by atoms with Crippen molar-refractivity contribution in [3.63, 3.8) is 0 Å². The number of carbonyl (C=O) groups excluding carboxylic acids is 2. The molecule has 0 unspecified atom stereocenters. The van der Waals surface area contributed by atoms with Crippen LogP contribution in [0.25, 0.3) is 12.2 Å². The third-order valence-corrected chi connectivity index (χ3v) is 10.1. The Hall–Kier alpha value is -3.62. The summed E-state index contributed by atoms with van der Waals surface area (Å²) in [4.78, 5) is 25.3.